The van der Waals surface area contributed by atoms with Gasteiger partial charge in [-0.05, 0) is 41.1 Å². The summed E-state index contributed by atoms with van der Waals surface area (Å²) in [5.74, 6) is 1.32. The fraction of sp³-hybridized carbons (Fsp3) is 0.0625. The summed E-state index contributed by atoms with van der Waals surface area (Å²) in [7, 11) is 0. The van der Waals surface area contributed by atoms with E-state index in [2.05, 4.69) is 33.0 Å². The molecule has 0 saturated carbocycles. The average molecular weight is 329 g/mol. The number of hydrogen-bond donors (Lipinski definition) is 1. The van der Waals surface area contributed by atoms with Crippen molar-refractivity contribution in [2.24, 2.45) is 5.73 Å². The lowest BCUT2D eigenvalue weighted by Crippen LogP contribution is -2.00. The normalized spacial score (nSPS) is 10.7. The number of nitrogens with zero attached hydrogens (tertiary/aromatic N) is 1. The first-order chi connectivity index (χ1) is 9.76. The minimum atomic E-state index is 0.406. The smallest absolute Gasteiger partial charge is 0.223 e. The van der Waals surface area contributed by atoms with Gasteiger partial charge in [0.15, 0.2) is 0 Å². The van der Waals surface area contributed by atoms with Gasteiger partial charge in [0, 0.05) is 22.8 Å². The van der Waals surface area contributed by atoms with Gasteiger partial charge in [0.25, 0.3) is 0 Å². The van der Waals surface area contributed by atoms with E-state index in [1.807, 2.05) is 36.4 Å². The van der Waals surface area contributed by atoms with Gasteiger partial charge < -0.3 is 10.5 Å². The molecule has 20 heavy (non-hydrogen) atoms. The first-order valence-corrected chi connectivity index (χ1v) is 7.07. The molecule has 0 bridgehead atoms. The van der Waals surface area contributed by atoms with Gasteiger partial charge in [-0.2, -0.15) is 0 Å². The topological polar surface area (TPSA) is 48.1 Å². The highest BCUT2D eigenvalue weighted by Gasteiger charge is 2.05. The van der Waals surface area contributed by atoms with Crippen molar-refractivity contribution in [3.8, 4) is 11.6 Å². The minimum absolute atomic E-state index is 0.406. The summed E-state index contributed by atoms with van der Waals surface area (Å²) in [5, 5.41) is 2.28. The van der Waals surface area contributed by atoms with Crippen LogP contribution in [-0.2, 0) is 6.54 Å². The Hall–Kier alpha value is -1.91. The molecule has 0 fully saturated rings. The van der Waals surface area contributed by atoms with Crippen molar-refractivity contribution in [1.82, 2.24) is 4.98 Å². The molecule has 0 aliphatic carbocycles. The van der Waals surface area contributed by atoms with Crippen molar-refractivity contribution in [2.45, 2.75) is 6.54 Å². The number of fused-ring (bicyclic) bond motifs is 1. The van der Waals surface area contributed by atoms with Crippen LogP contribution in [0.15, 0.2) is 59.2 Å². The second kappa shape index (κ2) is 5.61. The van der Waals surface area contributed by atoms with E-state index in [1.54, 1.807) is 6.20 Å². The summed E-state index contributed by atoms with van der Waals surface area (Å²) in [6.07, 6.45) is 1.70. The molecule has 0 radical (unpaired) electrons. The third-order valence-electron chi connectivity index (χ3n) is 3.06. The number of ether oxygens (including phenoxy) is 1. The van der Waals surface area contributed by atoms with Crippen molar-refractivity contribution in [3.63, 3.8) is 0 Å². The molecule has 4 heteroatoms. The van der Waals surface area contributed by atoms with Crippen molar-refractivity contribution in [2.75, 3.05) is 0 Å². The van der Waals surface area contributed by atoms with Gasteiger partial charge in [0.1, 0.15) is 5.75 Å². The third kappa shape index (κ3) is 2.66. The maximum Gasteiger partial charge on any atom is 0.223 e. The molecule has 0 saturated heterocycles. The largest absolute Gasteiger partial charge is 0.439 e. The Morgan fingerprint density at radius 2 is 1.85 bits per heavy atom. The van der Waals surface area contributed by atoms with Crippen LogP contribution in [0.3, 0.4) is 0 Å². The molecule has 0 aliphatic rings. The molecule has 100 valence electrons. The number of pyridine rings is 1. The van der Waals surface area contributed by atoms with Crippen LogP contribution >= 0.6 is 15.9 Å². The summed E-state index contributed by atoms with van der Waals surface area (Å²) in [6, 6.07) is 15.9. The van der Waals surface area contributed by atoms with E-state index in [-0.39, 0.29) is 0 Å². The van der Waals surface area contributed by atoms with Gasteiger partial charge in [-0.3, -0.25) is 0 Å². The Morgan fingerprint density at radius 3 is 2.70 bits per heavy atom. The van der Waals surface area contributed by atoms with Crippen molar-refractivity contribution in [1.29, 1.82) is 0 Å². The SMILES string of the molecule is NCc1cccnc1Oc1ccc2cc(Br)ccc2c1. The van der Waals surface area contributed by atoms with Gasteiger partial charge in [0.05, 0.1) is 0 Å². The first kappa shape index (κ1) is 13.1. The maximum absolute atomic E-state index is 5.84. The first-order valence-electron chi connectivity index (χ1n) is 6.27. The predicted molar refractivity (Wildman–Crippen MR) is 83.9 cm³/mol. The van der Waals surface area contributed by atoms with Gasteiger partial charge in [-0.15, -0.1) is 0 Å². The maximum atomic E-state index is 5.84. The highest BCUT2D eigenvalue weighted by atomic mass is 79.9. The molecule has 2 N–H and O–H groups in total. The van der Waals surface area contributed by atoms with Crippen LogP contribution in [0, 0.1) is 0 Å². The lowest BCUT2D eigenvalue weighted by atomic mass is 10.1. The summed E-state index contributed by atoms with van der Waals surface area (Å²) in [5.41, 5.74) is 6.58. The summed E-state index contributed by atoms with van der Waals surface area (Å²) < 4.78 is 6.90. The fourth-order valence-corrected chi connectivity index (χ4v) is 2.42. The molecular formula is C16H13BrN2O. The Kier molecular flexibility index (Phi) is 3.67. The molecule has 3 aromatic rings. The number of halogens is 1. The molecule has 0 spiro atoms. The Balaban J connectivity index is 1.96. The number of aromatic nitrogens is 1. The Bertz CT molecular complexity index is 758. The standard InChI is InChI=1S/C16H13BrN2O/c17-14-5-3-12-9-15(6-4-11(12)8-14)20-16-13(10-18)2-1-7-19-16/h1-9H,10,18H2. The molecule has 2 aromatic carbocycles. The second-order valence-electron chi connectivity index (χ2n) is 4.43. The van der Waals surface area contributed by atoms with E-state index >= 15 is 0 Å². The third-order valence-corrected chi connectivity index (χ3v) is 3.55. The van der Waals surface area contributed by atoms with E-state index < -0.39 is 0 Å². The molecule has 0 amide bonds. The quantitative estimate of drug-likeness (QED) is 0.781. The highest BCUT2D eigenvalue weighted by Crippen LogP contribution is 2.27. The van der Waals surface area contributed by atoms with E-state index in [0.717, 1.165) is 26.6 Å². The van der Waals surface area contributed by atoms with E-state index in [9.17, 15) is 0 Å². The van der Waals surface area contributed by atoms with Crippen molar-refractivity contribution in [3.05, 3.63) is 64.8 Å². The minimum Gasteiger partial charge on any atom is -0.439 e. The van der Waals surface area contributed by atoms with Crippen LogP contribution in [0.5, 0.6) is 11.6 Å². The summed E-state index contributed by atoms with van der Waals surface area (Å²) in [4.78, 5) is 4.23. The average Bonchev–Trinajstić information content (AvgIpc) is 2.48. The number of rotatable bonds is 3. The lowest BCUT2D eigenvalue weighted by Gasteiger charge is -2.09. The zero-order chi connectivity index (χ0) is 13.9. The van der Waals surface area contributed by atoms with E-state index in [1.165, 1.54) is 0 Å². The van der Waals surface area contributed by atoms with Crippen molar-refractivity contribution >= 4 is 26.7 Å². The fourth-order valence-electron chi connectivity index (χ4n) is 2.04. The van der Waals surface area contributed by atoms with E-state index in [4.69, 9.17) is 10.5 Å². The molecule has 0 aliphatic heterocycles. The lowest BCUT2D eigenvalue weighted by molar-refractivity contribution is 0.457. The molecule has 0 unspecified atom stereocenters. The van der Waals surface area contributed by atoms with Gasteiger partial charge >= 0.3 is 0 Å². The Labute approximate surface area is 125 Å². The monoisotopic (exact) mass is 328 g/mol. The van der Waals surface area contributed by atoms with Crippen LogP contribution in [0.25, 0.3) is 10.8 Å². The number of benzene rings is 2. The number of nitrogens with two attached hydrogens (primary N) is 1. The van der Waals surface area contributed by atoms with Gasteiger partial charge in [0.2, 0.25) is 5.88 Å². The second-order valence-corrected chi connectivity index (χ2v) is 5.34. The van der Waals surface area contributed by atoms with Crippen LogP contribution in [0.1, 0.15) is 5.56 Å². The van der Waals surface area contributed by atoms with Crippen LogP contribution in [-0.4, -0.2) is 4.98 Å². The number of hydrogen-bond acceptors (Lipinski definition) is 3. The van der Waals surface area contributed by atoms with Crippen molar-refractivity contribution < 1.29 is 4.74 Å². The summed E-state index contributed by atoms with van der Waals surface area (Å²) >= 11 is 3.47. The van der Waals surface area contributed by atoms with Crippen LogP contribution < -0.4 is 10.5 Å². The zero-order valence-corrected chi connectivity index (χ0v) is 12.3. The molecular weight excluding hydrogens is 316 g/mol. The molecule has 0 atom stereocenters. The summed E-state index contributed by atoms with van der Waals surface area (Å²) in [6.45, 7) is 0.406. The highest BCUT2D eigenvalue weighted by molar-refractivity contribution is 9.10. The predicted octanol–water partition coefficient (Wildman–Crippen LogP) is 4.25. The van der Waals surface area contributed by atoms with Crippen LogP contribution in [0.4, 0.5) is 0 Å². The molecule has 3 rings (SSSR count). The molecule has 3 nitrogen and oxygen atoms in total. The Morgan fingerprint density at radius 1 is 1.05 bits per heavy atom. The molecule has 1 aromatic heterocycles. The van der Waals surface area contributed by atoms with Crippen LogP contribution in [0.2, 0.25) is 0 Å². The zero-order valence-electron chi connectivity index (χ0n) is 10.7. The van der Waals surface area contributed by atoms with Gasteiger partial charge in [-0.25, -0.2) is 4.98 Å². The van der Waals surface area contributed by atoms with E-state index in [0.29, 0.717) is 12.4 Å². The molecule has 1 heterocycles. The van der Waals surface area contributed by atoms with Gasteiger partial charge in [-0.1, -0.05) is 34.1 Å².